The minimum absolute atomic E-state index is 0.0729. The molecule has 0 aliphatic rings. The molecule has 0 fully saturated rings. The molecule has 0 amide bonds. The Morgan fingerprint density at radius 2 is 1.79 bits per heavy atom. The predicted molar refractivity (Wildman–Crippen MR) is 106 cm³/mol. The van der Waals surface area contributed by atoms with Crippen LogP contribution in [0, 0.1) is 0 Å². The zero-order chi connectivity index (χ0) is 20.1. The highest BCUT2D eigenvalue weighted by Gasteiger charge is 2.15. The Bertz CT molecular complexity index is 1080. The van der Waals surface area contributed by atoms with Crippen LogP contribution in [0.3, 0.4) is 0 Å². The van der Waals surface area contributed by atoms with Gasteiger partial charge in [-0.1, -0.05) is 24.3 Å². The summed E-state index contributed by atoms with van der Waals surface area (Å²) in [5, 5.41) is 8.09. The number of rotatable bonds is 7. The van der Waals surface area contributed by atoms with Gasteiger partial charge in [-0.3, -0.25) is 9.52 Å². The topological polar surface area (TPSA) is 98.2 Å². The molecule has 0 bridgehead atoms. The van der Waals surface area contributed by atoms with Gasteiger partial charge in [-0.15, -0.1) is 10.2 Å². The van der Waals surface area contributed by atoms with Crippen LogP contribution in [-0.4, -0.2) is 31.0 Å². The van der Waals surface area contributed by atoms with Gasteiger partial charge >= 0.3 is 0 Å². The normalized spacial score (nSPS) is 11.1. The lowest BCUT2D eigenvalue weighted by Crippen LogP contribution is -2.13. The molecule has 0 radical (unpaired) electrons. The van der Waals surface area contributed by atoms with Crippen molar-refractivity contribution in [3.05, 3.63) is 66.2 Å². The zero-order valence-electron chi connectivity index (χ0n) is 15.4. The summed E-state index contributed by atoms with van der Waals surface area (Å²) < 4.78 is 33.0. The van der Waals surface area contributed by atoms with Gasteiger partial charge < -0.3 is 4.74 Å². The van der Waals surface area contributed by atoms with E-state index in [9.17, 15) is 13.2 Å². The number of carbonyl (C=O) groups excluding carboxylic acids is 1. The highest BCUT2D eigenvalue weighted by atomic mass is 32.2. The number of nitrogens with zero attached hydrogens (tertiary/aromatic N) is 2. The first-order valence-electron chi connectivity index (χ1n) is 8.60. The number of carbonyl (C=O) groups is 1. The molecule has 0 spiro atoms. The van der Waals surface area contributed by atoms with E-state index in [2.05, 4.69) is 14.9 Å². The Kier molecular flexibility index (Phi) is 5.70. The fourth-order valence-corrected chi connectivity index (χ4v) is 3.57. The third-order valence-corrected chi connectivity index (χ3v) is 5.31. The van der Waals surface area contributed by atoms with Crippen molar-refractivity contribution in [2.24, 2.45) is 0 Å². The summed E-state index contributed by atoms with van der Waals surface area (Å²) >= 11 is 0. The van der Waals surface area contributed by atoms with Crippen molar-refractivity contribution in [3.8, 4) is 17.1 Å². The lowest BCUT2D eigenvalue weighted by atomic mass is 10.1. The highest BCUT2D eigenvalue weighted by Crippen LogP contribution is 2.23. The van der Waals surface area contributed by atoms with Crippen molar-refractivity contribution in [1.29, 1.82) is 0 Å². The number of ketones is 1. The number of hydrogen-bond acceptors (Lipinski definition) is 6. The average Bonchev–Trinajstić information content (AvgIpc) is 2.69. The van der Waals surface area contributed by atoms with Crippen molar-refractivity contribution >= 4 is 21.5 Å². The molecule has 8 heteroatoms. The molecule has 1 N–H and O–H groups in total. The molecule has 0 saturated heterocycles. The summed E-state index contributed by atoms with van der Waals surface area (Å²) in [7, 11) is -3.79. The van der Waals surface area contributed by atoms with E-state index in [0.29, 0.717) is 35.0 Å². The van der Waals surface area contributed by atoms with Crippen LogP contribution in [0.15, 0.2) is 65.6 Å². The van der Waals surface area contributed by atoms with Gasteiger partial charge in [0.1, 0.15) is 0 Å². The SMILES string of the molecule is CCOc1ccc(-c2cccc(NS(=O)(=O)c3ccc(C(C)=O)cc3)c2)nn1. The van der Waals surface area contributed by atoms with E-state index >= 15 is 0 Å². The number of hydrogen-bond donors (Lipinski definition) is 1. The summed E-state index contributed by atoms with van der Waals surface area (Å²) in [6.07, 6.45) is 0. The van der Waals surface area contributed by atoms with E-state index in [1.165, 1.54) is 31.2 Å². The minimum atomic E-state index is -3.79. The standard InChI is InChI=1S/C20H19N3O4S/c1-3-27-20-12-11-19(21-22-20)16-5-4-6-17(13-16)23-28(25,26)18-9-7-15(8-10-18)14(2)24/h4-13,23H,3H2,1-2H3. The van der Waals surface area contributed by atoms with Crippen LogP contribution in [0.25, 0.3) is 11.3 Å². The van der Waals surface area contributed by atoms with Crippen LogP contribution in [-0.2, 0) is 10.0 Å². The van der Waals surface area contributed by atoms with Gasteiger partial charge in [0.15, 0.2) is 5.78 Å². The maximum Gasteiger partial charge on any atom is 0.261 e. The molecule has 7 nitrogen and oxygen atoms in total. The van der Waals surface area contributed by atoms with Gasteiger partial charge in [0.05, 0.1) is 17.2 Å². The zero-order valence-corrected chi connectivity index (χ0v) is 16.2. The van der Waals surface area contributed by atoms with Crippen molar-refractivity contribution in [2.45, 2.75) is 18.7 Å². The second-order valence-electron chi connectivity index (χ2n) is 5.96. The van der Waals surface area contributed by atoms with Gasteiger partial charge in [-0.2, -0.15) is 0 Å². The number of anilines is 1. The number of Topliss-reactive ketones (excluding diaryl/α,β-unsaturated/α-hetero) is 1. The number of benzene rings is 2. The van der Waals surface area contributed by atoms with Crippen molar-refractivity contribution in [2.75, 3.05) is 11.3 Å². The predicted octanol–water partition coefficient (Wildman–Crippen LogP) is 3.55. The van der Waals surface area contributed by atoms with Gasteiger partial charge in [-0.05, 0) is 44.2 Å². The summed E-state index contributed by atoms with van der Waals surface area (Å²) in [6.45, 7) is 3.79. The quantitative estimate of drug-likeness (QED) is 0.612. The Labute approximate surface area is 163 Å². The third kappa shape index (κ3) is 4.52. The number of aromatic nitrogens is 2. The van der Waals surface area contributed by atoms with E-state index in [-0.39, 0.29) is 10.7 Å². The van der Waals surface area contributed by atoms with Crippen LogP contribution >= 0.6 is 0 Å². The van der Waals surface area contributed by atoms with E-state index in [1.54, 1.807) is 30.3 Å². The second-order valence-corrected chi connectivity index (χ2v) is 7.64. The summed E-state index contributed by atoms with van der Waals surface area (Å²) in [5.74, 6) is 0.304. The first-order valence-corrected chi connectivity index (χ1v) is 10.1. The van der Waals surface area contributed by atoms with E-state index in [1.807, 2.05) is 13.0 Å². The van der Waals surface area contributed by atoms with Crippen molar-refractivity contribution in [1.82, 2.24) is 10.2 Å². The van der Waals surface area contributed by atoms with Gasteiger partial charge in [0.2, 0.25) is 5.88 Å². The Morgan fingerprint density at radius 1 is 1.04 bits per heavy atom. The summed E-state index contributed by atoms with van der Waals surface area (Å²) in [4.78, 5) is 11.4. The molecule has 0 aliphatic carbocycles. The molecule has 0 unspecified atom stereocenters. The Hall–Kier alpha value is -3.26. The van der Waals surface area contributed by atoms with E-state index in [0.717, 1.165) is 0 Å². The largest absolute Gasteiger partial charge is 0.477 e. The first-order chi connectivity index (χ1) is 13.4. The molecule has 144 valence electrons. The minimum Gasteiger partial charge on any atom is -0.477 e. The van der Waals surface area contributed by atoms with E-state index < -0.39 is 10.0 Å². The van der Waals surface area contributed by atoms with Crippen LogP contribution in [0.2, 0.25) is 0 Å². The molecular weight excluding hydrogens is 378 g/mol. The maximum absolute atomic E-state index is 12.6. The molecule has 1 heterocycles. The average molecular weight is 397 g/mol. The van der Waals surface area contributed by atoms with E-state index in [4.69, 9.17) is 4.74 Å². The molecule has 0 atom stereocenters. The van der Waals surface area contributed by atoms with Crippen molar-refractivity contribution in [3.63, 3.8) is 0 Å². The van der Waals surface area contributed by atoms with Crippen LogP contribution in [0.4, 0.5) is 5.69 Å². The summed E-state index contributed by atoms with van der Waals surface area (Å²) in [6, 6.07) is 16.1. The summed E-state index contributed by atoms with van der Waals surface area (Å²) in [5.41, 5.74) is 2.15. The number of sulfonamides is 1. The Morgan fingerprint density at radius 3 is 2.39 bits per heavy atom. The van der Waals surface area contributed by atoms with Crippen molar-refractivity contribution < 1.29 is 17.9 Å². The fraction of sp³-hybridized carbons (Fsp3) is 0.150. The molecule has 3 aromatic rings. The van der Waals surface area contributed by atoms with Gasteiger partial charge in [0, 0.05) is 22.9 Å². The number of ether oxygens (including phenoxy) is 1. The molecule has 0 aliphatic heterocycles. The number of nitrogens with one attached hydrogen (secondary N) is 1. The lowest BCUT2D eigenvalue weighted by molar-refractivity contribution is 0.101. The third-order valence-electron chi connectivity index (χ3n) is 3.91. The molecule has 3 rings (SSSR count). The molecule has 2 aromatic carbocycles. The highest BCUT2D eigenvalue weighted by molar-refractivity contribution is 7.92. The van der Waals surface area contributed by atoms with Gasteiger partial charge in [0.25, 0.3) is 10.0 Å². The molecule has 0 saturated carbocycles. The lowest BCUT2D eigenvalue weighted by Gasteiger charge is -2.10. The molecular formula is C20H19N3O4S. The first kappa shape index (κ1) is 19.5. The smallest absolute Gasteiger partial charge is 0.261 e. The van der Waals surface area contributed by atoms with Crippen LogP contribution in [0.1, 0.15) is 24.2 Å². The van der Waals surface area contributed by atoms with Crippen LogP contribution < -0.4 is 9.46 Å². The fourth-order valence-electron chi connectivity index (χ4n) is 2.52. The second kappa shape index (κ2) is 8.18. The Balaban J connectivity index is 1.82. The van der Waals surface area contributed by atoms with Gasteiger partial charge in [-0.25, -0.2) is 8.42 Å². The monoisotopic (exact) mass is 397 g/mol. The maximum atomic E-state index is 12.6. The molecule has 1 aromatic heterocycles. The molecule has 28 heavy (non-hydrogen) atoms. The van der Waals surface area contributed by atoms with Crippen LogP contribution in [0.5, 0.6) is 5.88 Å².